The van der Waals surface area contributed by atoms with Gasteiger partial charge in [-0.2, -0.15) is 0 Å². The Morgan fingerprint density at radius 1 is 1.05 bits per heavy atom. The summed E-state index contributed by atoms with van der Waals surface area (Å²) in [4.78, 5) is 29.0. The first-order chi connectivity index (χ1) is 18.6. The minimum atomic E-state index is -1.16. The van der Waals surface area contributed by atoms with Crippen LogP contribution in [0.25, 0.3) is 11.0 Å². The molecule has 3 aromatic carbocycles. The van der Waals surface area contributed by atoms with Gasteiger partial charge in [0, 0.05) is 25.3 Å². The highest BCUT2D eigenvalue weighted by Crippen LogP contribution is 2.26. The lowest BCUT2D eigenvalue weighted by atomic mass is 10.0. The minimum absolute atomic E-state index is 0.0878. The van der Waals surface area contributed by atoms with Gasteiger partial charge in [0.2, 0.25) is 11.8 Å². The van der Waals surface area contributed by atoms with E-state index in [1.807, 2.05) is 54.6 Å². The van der Waals surface area contributed by atoms with E-state index in [4.69, 9.17) is 4.74 Å². The number of fused-ring (bicyclic) bond motifs is 1. The predicted octanol–water partition coefficient (Wildman–Crippen LogP) is 3.68. The maximum Gasteiger partial charge on any atom is 0.247 e. The van der Waals surface area contributed by atoms with Crippen LogP contribution in [0.2, 0.25) is 0 Å². The van der Waals surface area contributed by atoms with Gasteiger partial charge in [0.15, 0.2) is 0 Å². The lowest BCUT2D eigenvalue weighted by molar-refractivity contribution is -0.141. The molecule has 1 aliphatic rings. The van der Waals surface area contributed by atoms with Gasteiger partial charge in [-0.05, 0) is 43.0 Å². The molecule has 196 valence electrons. The van der Waals surface area contributed by atoms with Gasteiger partial charge in [-0.25, -0.2) is 9.07 Å². The molecule has 2 heterocycles. The van der Waals surface area contributed by atoms with Crippen molar-refractivity contribution in [3.05, 3.63) is 95.8 Å². The fourth-order valence-electron chi connectivity index (χ4n) is 4.81. The lowest BCUT2D eigenvalue weighted by Gasteiger charge is -2.32. The average Bonchev–Trinajstić information content (AvgIpc) is 3.61. The van der Waals surface area contributed by atoms with E-state index >= 15 is 4.39 Å². The Labute approximate surface area is 220 Å². The number of para-hydroxylation sites is 1. The first-order valence-electron chi connectivity index (χ1n) is 12.9. The van der Waals surface area contributed by atoms with E-state index in [0.717, 1.165) is 18.4 Å². The SMILES string of the molecule is O=C(NC[C@H]1CCCO1)[C@@H](c1ccccc1F)N(CCc1ccccc1)C(=O)Cn1nnc2ccccc21. The van der Waals surface area contributed by atoms with E-state index in [0.29, 0.717) is 30.6 Å². The quantitative estimate of drug-likeness (QED) is 0.348. The molecule has 1 saturated heterocycles. The summed E-state index contributed by atoms with van der Waals surface area (Å²) in [5, 5.41) is 11.2. The molecule has 9 heteroatoms. The molecule has 0 bridgehead atoms. The molecule has 0 saturated carbocycles. The molecule has 0 spiro atoms. The minimum Gasteiger partial charge on any atom is -0.376 e. The monoisotopic (exact) mass is 515 g/mol. The zero-order valence-corrected chi connectivity index (χ0v) is 21.0. The summed E-state index contributed by atoms with van der Waals surface area (Å²) in [6, 6.07) is 22.0. The highest BCUT2D eigenvalue weighted by atomic mass is 19.1. The van der Waals surface area contributed by atoms with E-state index in [-0.39, 0.29) is 30.7 Å². The van der Waals surface area contributed by atoms with Gasteiger partial charge in [-0.3, -0.25) is 9.59 Å². The van der Waals surface area contributed by atoms with Crippen LogP contribution in [0.15, 0.2) is 78.9 Å². The van der Waals surface area contributed by atoms with Gasteiger partial charge >= 0.3 is 0 Å². The van der Waals surface area contributed by atoms with E-state index in [1.165, 1.54) is 15.6 Å². The Morgan fingerprint density at radius 3 is 2.61 bits per heavy atom. The molecule has 2 amide bonds. The molecule has 1 fully saturated rings. The van der Waals surface area contributed by atoms with Gasteiger partial charge in [0.05, 0.1) is 11.6 Å². The first kappa shape index (κ1) is 25.5. The smallest absolute Gasteiger partial charge is 0.247 e. The third kappa shape index (κ3) is 5.89. The zero-order valence-electron chi connectivity index (χ0n) is 21.0. The molecule has 4 aromatic rings. The Hall–Kier alpha value is -4.11. The van der Waals surface area contributed by atoms with Crippen molar-refractivity contribution < 1.29 is 18.7 Å². The van der Waals surface area contributed by atoms with Crippen molar-refractivity contribution in [2.24, 2.45) is 0 Å². The second kappa shape index (κ2) is 12.0. The number of hydrogen-bond donors (Lipinski definition) is 1. The third-order valence-electron chi connectivity index (χ3n) is 6.80. The zero-order chi connectivity index (χ0) is 26.3. The summed E-state index contributed by atoms with van der Waals surface area (Å²) >= 11 is 0. The van der Waals surface area contributed by atoms with E-state index in [9.17, 15) is 9.59 Å². The lowest BCUT2D eigenvalue weighted by Crippen LogP contribution is -2.47. The molecule has 2 atom stereocenters. The van der Waals surface area contributed by atoms with Crippen molar-refractivity contribution in [3.8, 4) is 0 Å². The average molecular weight is 516 g/mol. The highest BCUT2D eigenvalue weighted by molar-refractivity contribution is 5.89. The molecule has 38 heavy (non-hydrogen) atoms. The van der Waals surface area contributed by atoms with Crippen LogP contribution in [-0.4, -0.2) is 57.5 Å². The van der Waals surface area contributed by atoms with Crippen molar-refractivity contribution in [2.45, 2.75) is 38.0 Å². The molecule has 0 radical (unpaired) electrons. The number of carbonyl (C=O) groups is 2. The number of nitrogens with one attached hydrogen (secondary N) is 1. The van der Waals surface area contributed by atoms with E-state index in [1.54, 1.807) is 18.2 Å². The normalized spacial score (nSPS) is 15.9. The van der Waals surface area contributed by atoms with Gasteiger partial charge in [0.25, 0.3) is 0 Å². The fraction of sp³-hybridized carbons (Fsp3) is 0.310. The largest absolute Gasteiger partial charge is 0.376 e. The van der Waals surface area contributed by atoms with Crippen molar-refractivity contribution in [2.75, 3.05) is 19.7 Å². The van der Waals surface area contributed by atoms with Gasteiger partial charge in [-0.15, -0.1) is 5.10 Å². The fourth-order valence-corrected chi connectivity index (χ4v) is 4.81. The third-order valence-corrected chi connectivity index (χ3v) is 6.80. The highest BCUT2D eigenvalue weighted by Gasteiger charge is 2.34. The number of aromatic nitrogens is 3. The van der Waals surface area contributed by atoms with Crippen LogP contribution in [-0.2, 0) is 27.3 Å². The van der Waals surface area contributed by atoms with Crippen LogP contribution < -0.4 is 5.32 Å². The van der Waals surface area contributed by atoms with Gasteiger partial charge in [-0.1, -0.05) is 65.9 Å². The molecular formula is C29H30FN5O3. The van der Waals surface area contributed by atoms with Crippen LogP contribution in [0.5, 0.6) is 0 Å². The van der Waals surface area contributed by atoms with Crippen molar-refractivity contribution in [3.63, 3.8) is 0 Å². The van der Waals surface area contributed by atoms with Gasteiger partial charge < -0.3 is 15.0 Å². The molecule has 1 aromatic heterocycles. The topological polar surface area (TPSA) is 89.4 Å². The van der Waals surface area contributed by atoms with Gasteiger partial charge in [0.1, 0.15) is 23.9 Å². The molecule has 0 aliphatic carbocycles. The molecule has 1 N–H and O–H groups in total. The Morgan fingerprint density at radius 2 is 1.82 bits per heavy atom. The summed E-state index contributed by atoms with van der Waals surface area (Å²) in [6.07, 6.45) is 2.19. The number of rotatable bonds is 10. The summed E-state index contributed by atoms with van der Waals surface area (Å²) in [6.45, 7) is 1.03. The number of halogens is 1. The van der Waals surface area contributed by atoms with Crippen LogP contribution >= 0.6 is 0 Å². The van der Waals surface area contributed by atoms with Crippen molar-refractivity contribution in [1.82, 2.24) is 25.2 Å². The number of amides is 2. The Bertz CT molecular complexity index is 1390. The van der Waals surface area contributed by atoms with Crippen molar-refractivity contribution >= 4 is 22.8 Å². The maximum absolute atomic E-state index is 15.1. The predicted molar refractivity (Wildman–Crippen MR) is 141 cm³/mol. The first-order valence-corrected chi connectivity index (χ1v) is 12.9. The number of benzene rings is 3. The number of carbonyl (C=O) groups excluding carboxylic acids is 2. The van der Waals surface area contributed by atoms with Crippen molar-refractivity contribution in [1.29, 1.82) is 0 Å². The Kier molecular flexibility index (Phi) is 8.04. The van der Waals surface area contributed by atoms with Crippen LogP contribution in [0.4, 0.5) is 4.39 Å². The second-order valence-electron chi connectivity index (χ2n) is 9.36. The summed E-state index contributed by atoms with van der Waals surface area (Å²) in [5.41, 5.74) is 2.51. The second-order valence-corrected chi connectivity index (χ2v) is 9.36. The molecule has 8 nitrogen and oxygen atoms in total. The van der Waals surface area contributed by atoms with Crippen LogP contribution in [0.1, 0.15) is 30.0 Å². The molecule has 5 rings (SSSR count). The van der Waals surface area contributed by atoms with E-state index in [2.05, 4.69) is 15.6 Å². The maximum atomic E-state index is 15.1. The molecule has 0 unspecified atom stereocenters. The number of nitrogens with zero attached hydrogens (tertiary/aromatic N) is 4. The van der Waals surface area contributed by atoms with Crippen LogP contribution in [0, 0.1) is 5.82 Å². The standard InChI is InChI=1S/C29H30FN5O3/c30-24-13-5-4-12-23(24)28(29(37)31-19-22-11-8-18-38-22)34(17-16-21-9-2-1-3-10-21)27(36)20-35-26-15-7-6-14-25(26)32-33-35/h1-7,9-10,12-15,22,28H,8,11,16-20H2,(H,31,37)/t22-,28-/m1/s1. The molecule has 1 aliphatic heterocycles. The summed E-state index contributed by atoms with van der Waals surface area (Å²) in [5.74, 6) is -1.36. The van der Waals surface area contributed by atoms with E-state index < -0.39 is 17.8 Å². The number of ether oxygens (including phenoxy) is 1. The number of hydrogen-bond acceptors (Lipinski definition) is 5. The Balaban J connectivity index is 1.47. The van der Waals surface area contributed by atoms with Crippen LogP contribution in [0.3, 0.4) is 0 Å². The molecular weight excluding hydrogens is 485 g/mol. The summed E-state index contributed by atoms with van der Waals surface area (Å²) in [7, 11) is 0. The summed E-state index contributed by atoms with van der Waals surface area (Å²) < 4.78 is 22.3.